The number of benzene rings is 2. The minimum Gasteiger partial charge on any atom is -0.506 e. The second-order valence-corrected chi connectivity index (χ2v) is 4.32. The van der Waals surface area contributed by atoms with Gasteiger partial charge in [-0.25, -0.2) is 0 Å². The SMILES string of the molecule is CN(CCC#N)C(=O)c1ccc2ccccc2c1O. The number of nitriles is 1. The summed E-state index contributed by atoms with van der Waals surface area (Å²) in [4.78, 5) is 13.6. The maximum atomic E-state index is 12.2. The fourth-order valence-corrected chi connectivity index (χ4v) is 1.95. The molecular weight excluding hydrogens is 240 g/mol. The summed E-state index contributed by atoms with van der Waals surface area (Å²) in [5, 5.41) is 20.2. The molecule has 0 saturated heterocycles. The number of rotatable bonds is 3. The molecule has 0 fully saturated rings. The molecular formula is C15H14N2O2. The van der Waals surface area contributed by atoms with Crippen LogP contribution >= 0.6 is 0 Å². The molecule has 4 nitrogen and oxygen atoms in total. The molecule has 0 aliphatic carbocycles. The van der Waals surface area contributed by atoms with Crippen molar-refractivity contribution < 1.29 is 9.90 Å². The van der Waals surface area contributed by atoms with E-state index in [-0.39, 0.29) is 23.6 Å². The smallest absolute Gasteiger partial charge is 0.257 e. The monoisotopic (exact) mass is 254 g/mol. The van der Waals surface area contributed by atoms with Gasteiger partial charge in [0.05, 0.1) is 18.1 Å². The van der Waals surface area contributed by atoms with Crippen LogP contribution in [0.25, 0.3) is 10.8 Å². The van der Waals surface area contributed by atoms with E-state index >= 15 is 0 Å². The van der Waals surface area contributed by atoms with Gasteiger partial charge in [0.25, 0.3) is 5.91 Å². The Morgan fingerprint density at radius 2 is 2.05 bits per heavy atom. The van der Waals surface area contributed by atoms with Gasteiger partial charge >= 0.3 is 0 Å². The molecule has 0 aliphatic heterocycles. The molecule has 0 bridgehead atoms. The molecule has 0 atom stereocenters. The Morgan fingerprint density at radius 3 is 2.79 bits per heavy atom. The zero-order chi connectivity index (χ0) is 13.8. The Kier molecular flexibility index (Phi) is 3.67. The highest BCUT2D eigenvalue weighted by atomic mass is 16.3. The van der Waals surface area contributed by atoms with Gasteiger partial charge in [-0.15, -0.1) is 0 Å². The lowest BCUT2D eigenvalue weighted by molar-refractivity contribution is 0.0795. The number of carbonyl (C=O) groups excluding carboxylic acids is 1. The van der Waals surface area contributed by atoms with Crippen LogP contribution in [0.2, 0.25) is 0 Å². The summed E-state index contributed by atoms with van der Waals surface area (Å²) >= 11 is 0. The molecule has 4 heteroatoms. The summed E-state index contributed by atoms with van der Waals surface area (Å²) in [6, 6.07) is 12.8. The Hall–Kier alpha value is -2.54. The van der Waals surface area contributed by atoms with E-state index in [0.717, 1.165) is 5.39 Å². The van der Waals surface area contributed by atoms with Crippen molar-refractivity contribution in [2.24, 2.45) is 0 Å². The van der Waals surface area contributed by atoms with Gasteiger partial charge in [0.15, 0.2) is 0 Å². The number of phenolic OH excluding ortho intramolecular Hbond substituents is 1. The number of amides is 1. The Bertz CT molecular complexity index is 659. The zero-order valence-electron chi connectivity index (χ0n) is 10.6. The maximum Gasteiger partial charge on any atom is 0.257 e. The van der Waals surface area contributed by atoms with Crippen molar-refractivity contribution in [3.05, 3.63) is 42.0 Å². The van der Waals surface area contributed by atoms with E-state index in [0.29, 0.717) is 11.9 Å². The minimum absolute atomic E-state index is 0.00749. The van der Waals surface area contributed by atoms with E-state index in [2.05, 4.69) is 0 Å². The van der Waals surface area contributed by atoms with Crippen LogP contribution in [0, 0.1) is 11.3 Å². The predicted molar refractivity (Wildman–Crippen MR) is 72.8 cm³/mol. The lowest BCUT2D eigenvalue weighted by Crippen LogP contribution is -2.27. The number of carbonyl (C=O) groups is 1. The first-order valence-electron chi connectivity index (χ1n) is 5.98. The Labute approximate surface area is 111 Å². The van der Waals surface area contributed by atoms with E-state index in [9.17, 15) is 9.90 Å². The summed E-state index contributed by atoms with van der Waals surface area (Å²) in [6.45, 7) is 0.349. The number of aromatic hydroxyl groups is 1. The fourth-order valence-electron chi connectivity index (χ4n) is 1.95. The van der Waals surface area contributed by atoms with E-state index in [1.165, 1.54) is 4.90 Å². The van der Waals surface area contributed by atoms with Crippen molar-refractivity contribution in [1.82, 2.24) is 4.90 Å². The van der Waals surface area contributed by atoms with Gasteiger partial charge in [-0.05, 0) is 11.5 Å². The molecule has 19 heavy (non-hydrogen) atoms. The molecule has 2 rings (SSSR count). The molecule has 2 aromatic rings. The fraction of sp³-hybridized carbons (Fsp3) is 0.200. The third kappa shape index (κ3) is 2.50. The Morgan fingerprint density at radius 1 is 1.32 bits per heavy atom. The lowest BCUT2D eigenvalue weighted by Gasteiger charge is -2.16. The van der Waals surface area contributed by atoms with Crippen LogP contribution in [0.1, 0.15) is 16.8 Å². The quantitative estimate of drug-likeness (QED) is 0.915. The molecule has 2 aromatic carbocycles. The normalized spacial score (nSPS) is 10.1. The van der Waals surface area contributed by atoms with Crippen LogP contribution < -0.4 is 0 Å². The topological polar surface area (TPSA) is 64.3 Å². The Balaban J connectivity index is 2.38. The number of hydrogen-bond acceptors (Lipinski definition) is 3. The average molecular weight is 254 g/mol. The summed E-state index contributed by atoms with van der Waals surface area (Å²) in [5.74, 6) is -0.287. The van der Waals surface area contributed by atoms with Crippen molar-refractivity contribution in [2.45, 2.75) is 6.42 Å². The largest absolute Gasteiger partial charge is 0.506 e. The molecule has 0 saturated carbocycles. The van der Waals surface area contributed by atoms with Gasteiger partial charge in [0.2, 0.25) is 0 Å². The van der Waals surface area contributed by atoms with Crippen LogP contribution in [0.5, 0.6) is 5.75 Å². The van der Waals surface area contributed by atoms with Gasteiger partial charge < -0.3 is 10.0 Å². The van der Waals surface area contributed by atoms with Crippen LogP contribution in [0.15, 0.2) is 36.4 Å². The minimum atomic E-state index is -0.279. The van der Waals surface area contributed by atoms with Crippen LogP contribution in [-0.2, 0) is 0 Å². The highest BCUT2D eigenvalue weighted by molar-refractivity contribution is 6.03. The predicted octanol–water partition coefficient (Wildman–Crippen LogP) is 2.53. The molecule has 0 spiro atoms. The van der Waals surface area contributed by atoms with Crippen molar-refractivity contribution in [3.8, 4) is 11.8 Å². The third-order valence-corrected chi connectivity index (χ3v) is 3.04. The van der Waals surface area contributed by atoms with Gasteiger partial charge in [-0.1, -0.05) is 30.3 Å². The van der Waals surface area contributed by atoms with Crippen LogP contribution in [0.3, 0.4) is 0 Å². The van der Waals surface area contributed by atoms with Gasteiger partial charge in [0.1, 0.15) is 5.75 Å². The molecule has 0 unspecified atom stereocenters. The van der Waals surface area contributed by atoms with E-state index < -0.39 is 0 Å². The maximum absolute atomic E-state index is 12.2. The summed E-state index contributed by atoms with van der Waals surface area (Å²) < 4.78 is 0. The molecule has 96 valence electrons. The second kappa shape index (κ2) is 5.40. The molecule has 1 amide bonds. The first kappa shape index (κ1) is 12.9. The van der Waals surface area contributed by atoms with Crippen molar-refractivity contribution in [1.29, 1.82) is 5.26 Å². The number of phenols is 1. The number of nitrogens with zero attached hydrogens (tertiary/aromatic N) is 2. The highest BCUT2D eigenvalue weighted by Crippen LogP contribution is 2.29. The zero-order valence-corrected chi connectivity index (χ0v) is 10.6. The van der Waals surface area contributed by atoms with Gasteiger partial charge in [-0.3, -0.25) is 4.79 Å². The second-order valence-electron chi connectivity index (χ2n) is 4.32. The highest BCUT2D eigenvalue weighted by Gasteiger charge is 2.17. The van der Waals surface area contributed by atoms with Gasteiger partial charge in [-0.2, -0.15) is 5.26 Å². The first-order valence-corrected chi connectivity index (χ1v) is 5.98. The lowest BCUT2D eigenvalue weighted by atomic mass is 10.0. The van der Waals surface area contributed by atoms with E-state index in [4.69, 9.17) is 5.26 Å². The summed E-state index contributed by atoms with van der Waals surface area (Å²) in [6.07, 6.45) is 0.274. The first-order chi connectivity index (χ1) is 9.15. The summed E-state index contributed by atoms with van der Waals surface area (Å²) in [7, 11) is 1.62. The molecule has 1 N–H and O–H groups in total. The van der Waals surface area contributed by atoms with Crippen molar-refractivity contribution >= 4 is 16.7 Å². The van der Waals surface area contributed by atoms with Crippen molar-refractivity contribution in [3.63, 3.8) is 0 Å². The molecule has 0 heterocycles. The number of hydrogen-bond donors (Lipinski definition) is 1. The standard InChI is InChI=1S/C15H14N2O2/c1-17(10-4-9-16)15(19)13-8-7-11-5-2-3-6-12(11)14(13)18/h2-3,5-8,18H,4,10H2,1H3. The van der Waals surface area contributed by atoms with E-state index in [1.54, 1.807) is 25.2 Å². The number of fused-ring (bicyclic) bond motifs is 1. The van der Waals surface area contributed by atoms with Crippen LogP contribution in [0.4, 0.5) is 0 Å². The third-order valence-electron chi connectivity index (χ3n) is 3.04. The van der Waals surface area contributed by atoms with Crippen molar-refractivity contribution in [2.75, 3.05) is 13.6 Å². The molecule has 0 radical (unpaired) electrons. The van der Waals surface area contributed by atoms with Gasteiger partial charge in [0, 0.05) is 19.0 Å². The van der Waals surface area contributed by atoms with E-state index in [1.807, 2.05) is 24.3 Å². The summed E-state index contributed by atoms with van der Waals surface area (Å²) in [5.41, 5.74) is 0.263. The average Bonchev–Trinajstić information content (AvgIpc) is 2.44. The molecule has 0 aromatic heterocycles. The molecule has 0 aliphatic rings. The van der Waals surface area contributed by atoms with Crippen LogP contribution in [-0.4, -0.2) is 29.5 Å².